The van der Waals surface area contributed by atoms with Crippen LogP contribution in [0.5, 0.6) is 5.75 Å². The van der Waals surface area contributed by atoms with Crippen LogP contribution < -0.4 is 10.1 Å². The molecule has 0 aliphatic heterocycles. The molecule has 112 valence electrons. The molecule has 0 spiro atoms. The number of rotatable bonds is 6. The average Bonchev–Trinajstić information content (AvgIpc) is 2.37. The van der Waals surface area contributed by atoms with Gasteiger partial charge in [-0.2, -0.15) is 0 Å². The predicted molar refractivity (Wildman–Crippen MR) is 83.3 cm³/mol. The fraction of sp³-hybridized carbons (Fsp3) is 0.562. The van der Waals surface area contributed by atoms with E-state index < -0.39 is 0 Å². The van der Waals surface area contributed by atoms with Gasteiger partial charge in [-0.3, -0.25) is 0 Å². The Bertz CT molecular complexity index is 420. The number of nitrogens with zero attached hydrogens (tertiary/aromatic N) is 1. The van der Waals surface area contributed by atoms with Gasteiger partial charge >= 0.3 is 6.03 Å². The van der Waals surface area contributed by atoms with Gasteiger partial charge in [-0.15, -0.1) is 0 Å². The first kappa shape index (κ1) is 16.3. The number of anilines is 1. The van der Waals surface area contributed by atoms with Crippen molar-refractivity contribution in [1.29, 1.82) is 0 Å². The topological polar surface area (TPSA) is 41.6 Å². The molecule has 2 amide bonds. The Hall–Kier alpha value is -1.71. The number of para-hydroxylation sites is 2. The number of carbonyl (C=O) groups excluding carboxylic acids is 1. The normalized spacial score (nSPS) is 10.8. The maximum Gasteiger partial charge on any atom is 0.321 e. The Morgan fingerprint density at radius 3 is 2.20 bits per heavy atom. The summed E-state index contributed by atoms with van der Waals surface area (Å²) >= 11 is 0. The minimum absolute atomic E-state index is 0.0723. The molecule has 1 aromatic rings. The number of ether oxygens (including phenoxy) is 1. The summed E-state index contributed by atoms with van der Waals surface area (Å²) in [5.74, 6) is 1.56. The molecule has 1 N–H and O–H groups in total. The number of hydrogen-bond donors (Lipinski definition) is 1. The van der Waals surface area contributed by atoms with E-state index in [0.29, 0.717) is 23.3 Å². The molecular formula is C16H26N2O2. The maximum atomic E-state index is 12.4. The highest BCUT2D eigenvalue weighted by Crippen LogP contribution is 2.23. The molecule has 0 unspecified atom stereocenters. The molecule has 0 radical (unpaired) electrons. The summed E-state index contributed by atoms with van der Waals surface area (Å²) < 4.78 is 5.25. The molecule has 0 heterocycles. The van der Waals surface area contributed by atoms with Crippen LogP contribution in [-0.4, -0.2) is 31.1 Å². The van der Waals surface area contributed by atoms with Crippen LogP contribution >= 0.6 is 0 Å². The summed E-state index contributed by atoms with van der Waals surface area (Å²) in [6.45, 7) is 9.96. The lowest BCUT2D eigenvalue weighted by Crippen LogP contribution is -2.39. The minimum atomic E-state index is -0.0723. The molecule has 0 aromatic heterocycles. The number of nitrogens with one attached hydrogen (secondary N) is 1. The van der Waals surface area contributed by atoms with E-state index >= 15 is 0 Å². The maximum absolute atomic E-state index is 12.4. The summed E-state index contributed by atoms with van der Waals surface area (Å²) in [5.41, 5.74) is 0.706. The van der Waals surface area contributed by atoms with Gasteiger partial charge in [0.2, 0.25) is 0 Å². The van der Waals surface area contributed by atoms with E-state index in [-0.39, 0.29) is 6.03 Å². The van der Waals surface area contributed by atoms with Crippen LogP contribution in [0.2, 0.25) is 0 Å². The van der Waals surface area contributed by atoms with E-state index in [1.54, 1.807) is 7.11 Å². The van der Waals surface area contributed by atoms with Crippen molar-refractivity contribution < 1.29 is 9.53 Å². The van der Waals surface area contributed by atoms with Crippen LogP contribution in [0.1, 0.15) is 27.7 Å². The number of hydrogen-bond acceptors (Lipinski definition) is 2. The first-order valence-corrected chi connectivity index (χ1v) is 7.13. The van der Waals surface area contributed by atoms with Crippen LogP contribution in [-0.2, 0) is 0 Å². The van der Waals surface area contributed by atoms with Crippen LogP contribution in [0.3, 0.4) is 0 Å². The smallest absolute Gasteiger partial charge is 0.321 e. The molecule has 1 aromatic carbocycles. The van der Waals surface area contributed by atoms with Gasteiger partial charge in [0.25, 0.3) is 0 Å². The van der Waals surface area contributed by atoms with Gasteiger partial charge in [-0.25, -0.2) is 4.79 Å². The molecule has 0 saturated carbocycles. The van der Waals surface area contributed by atoms with Gasteiger partial charge in [-0.1, -0.05) is 39.8 Å². The highest BCUT2D eigenvalue weighted by atomic mass is 16.5. The molecule has 0 atom stereocenters. The van der Waals surface area contributed by atoms with Crippen LogP contribution in [0.4, 0.5) is 10.5 Å². The molecule has 4 nitrogen and oxygen atoms in total. The van der Waals surface area contributed by atoms with E-state index in [2.05, 4.69) is 33.0 Å². The van der Waals surface area contributed by atoms with Crippen molar-refractivity contribution >= 4 is 11.7 Å². The summed E-state index contributed by atoms with van der Waals surface area (Å²) in [6.07, 6.45) is 0. The van der Waals surface area contributed by atoms with Gasteiger partial charge in [-0.05, 0) is 24.0 Å². The highest BCUT2D eigenvalue weighted by molar-refractivity contribution is 5.91. The zero-order chi connectivity index (χ0) is 15.1. The number of benzene rings is 1. The largest absolute Gasteiger partial charge is 0.495 e. The SMILES string of the molecule is COc1ccccc1NC(=O)N(CC(C)C)CC(C)C. The van der Waals surface area contributed by atoms with Crippen molar-refractivity contribution in [2.75, 3.05) is 25.5 Å². The summed E-state index contributed by atoms with van der Waals surface area (Å²) in [5, 5.41) is 2.93. The molecule has 20 heavy (non-hydrogen) atoms. The minimum Gasteiger partial charge on any atom is -0.495 e. The third-order valence-electron chi connectivity index (χ3n) is 2.81. The highest BCUT2D eigenvalue weighted by Gasteiger charge is 2.17. The van der Waals surface area contributed by atoms with E-state index in [1.165, 1.54) is 0 Å². The first-order chi connectivity index (χ1) is 9.43. The van der Waals surface area contributed by atoms with Gasteiger partial charge in [0.15, 0.2) is 0 Å². The lowest BCUT2D eigenvalue weighted by atomic mass is 10.1. The van der Waals surface area contributed by atoms with E-state index in [0.717, 1.165) is 13.1 Å². The third-order valence-corrected chi connectivity index (χ3v) is 2.81. The Kier molecular flexibility index (Phi) is 6.36. The van der Waals surface area contributed by atoms with Gasteiger partial charge in [0.05, 0.1) is 12.8 Å². The second kappa shape index (κ2) is 7.78. The summed E-state index contributed by atoms with van der Waals surface area (Å²) in [6, 6.07) is 7.38. The summed E-state index contributed by atoms with van der Waals surface area (Å²) in [4.78, 5) is 14.3. The predicted octanol–water partition coefficient (Wildman–Crippen LogP) is 3.84. The molecule has 1 rings (SSSR count). The fourth-order valence-corrected chi connectivity index (χ4v) is 2.06. The van der Waals surface area contributed by atoms with Crippen molar-refractivity contribution in [2.45, 2.75) is 27.7 Å². The fourth-order valence-electron chi connectivity index (χ4n) is 2.06. The molecular weight excluding hydrogens is 252 g/mol. The Morgan fingerprint density at radius 2 is 1.70 bits per heavy atom. The number of amides is 2. The number of methoxy groups -OCH3 is 1. The van der Waals surface area contributed by atoms with E-state index in [9.17, 15) is 4.79 Å². The van der Waals surface area contributed by atoms with E-state index in [4.69, 9.17) is 4.74 Å². The second-order valence-corrected chi connectivity index (χ2v) is 5.82. The monoisotopic (exact) mass is 278 g/mol. The van der Waals surface area contributed by atoms with Crippen molar-refractivity contribution in [3.05, 3.63) is 24.3 Å². The van der Waals surface area contributed by atoms with Gasteiger partial charge in [0, 0.05) is 13.1 Å². The molecule has 0 fully saturated rings. The second-order valence-electron chi connectivity index (χ2n) is 5.82. The van der Waals surface area contributed by atoms with Crippen molar-refractivity contribution in [3.8, 4) is 5.75 Å². The van der Waals surface area contributed by atoms with E-state index in [1.807, 2.05) is 29.2 Å². The number of carbonyl (C=O) groups is 1. The van der Waals surface area contributed by atoms with Gasteiger partial charge in [0.1, 0.15) is 5.75 Å². The van der Waals surface area contributed by atoms with Crippen LogP contribution in [0, 0.1) is 11.8 Å². The van der Waals surface area contributed by atoms with Crippen molar-refractivity contribution in [1.82, 2.24) is 4.90 Å². The first-order valence-electron chi connectivity index (χ1n) is 7.13. The Morgan fingerprint density at radius 1 is 1.15 bits per heavy atom. The number of urea groups is 1. The molecule has 0 aliphatic carbocycles. The zero-order valence-corrected chi connectivity index (χ0v) is 13.1. The third kappa shape index (κ3) is 5.11. The average molecular weight is 278 g/mol. The van der Waals surface area contributed by atoms with Crippen LogP contribution in [0.15, 0.2) is 24.3 Å². The van der Waals surface area contributed by atoms with Crippen molar-refractivity contribution in [2.24, 2.45) is 11.8 Å². The van der Waals surface area contributed by atoms with Crippen LogP contribution in [0.25, 0.3) is 0 Å². The molecule has 0 bridgehead atoms. The molecule has 0 aliphatic rings. The molecule has 0 saturated heterocycles. The van der Waals surface area contributed by atoms with Crippen molar-refractivity contribution in [3.63, 3.8) is 0 Å². The Labute approximate surface area is 122 Å². The lowest BCUT2D eigenvalue weighted by molar-refractivity contribution is 0.196. The lowest BCUT2D eigenvalue weighted by Gasteiger charge is -2.27. The Balaban J connectivity index is 2.79. The zero-order valence-electron chi connectivity index (χ0n) is 13.1. The standard InChI is InChI=1S/C16H26N2O2/c1-12(2)10-18(11-13(3)4)16(19)17-14-8-6-7-9-15(14)20-5/h6-9,12-13H,10-11H2,1-5H3,(H,17,19). The van der Waals surface area contributed by atoms with Gasteiger partial charge < -0.3 is 15.0 Å². The molecule has 4 heteroatoms. The summed E-state index contributed by atoms with van der Waals surface area (Å²) in [7, 11) is 1.60. The quantitative estimate of drug-likeness (QED) is 0.859.